The lowest BCUT2D eigenvalue weighted by Crippen LogP contribution is -2.40. The van der Waals surface area contributed by atoms with Gasteiger partial charge in [0.15, 0.2) is 0 Å². The first-order valence-corrected chi connectivity index (χ1v) is 9.71. The van der Waals surface area contributed by atoms with Crippen molar-refractivity contribution >= 4 is 12.0 Å². The van der Waals surface area contributed by atoms with Crippen molar-refractivity contribution < 1.29 is 27.9 Å². The minimum Gasteiger partial charge on any atom is -0.475 e. The van der Waals surface area contributed by atoms with E-state index < -0.39 is 12.1 Å². The molecular weight excluding hydrogens is 431 g/mol. The van der Waals surface area contributed by atoms with E-state index in [1.807, 2.05) is 23.5 Å². The lowest BCUT2D eigenvalue weighted by atomic mass is 10.3. The standard InChI is InChI=1S/C17H25N7O.C2HF3O2/c1-21(2)17(25)23-5-4-16-20-10-15(24(16)7-6-23)12-22(3)11-14-8-18-13-19-9-14;3-2(4,5)1(6)7/h8-10,13H,4-7,11-12H2,1-3H3;(H,6,7). The highest BCUT2D eigenvalue weighted by atomic mass is 19.4. The van der Waals surface area contributed by atoms with Gasteiger partial charge in [-0.05, 0) is 7.05 Å². The summed E-state index contributed by atoms with van der Waals surface area (Å²) in [4.78, 5) is 39.5. The number of halogens is 3. The number of amides is 2. The number of imidazole rings is 1. The zero-order valence-corrected chi connectivity index (χ0v) is 18.1. The normalized spacial score (nSPS) is 13.7. The third kappa shape index (κ3) is 7.18. The topological polar surface area (TPSA) is 108 Å². The van der Waals surface area contributed by atoms with Crippen LogP contribution >= 0.6 is 0 Å². The van der Waals surface area contributed by atoms with Crippen LogP contribution < -0.4 is 0 Å². The summed E-state index contributed by atoms with van der Waals surface area (Å²) in [6.45, 7) is 3.79. The molecule has 3 heterocycles. The van der Waals surface area contributed by atoms with Gasteiger partial charge >= 0.3 is 18.2 Å². The van der Waals surface area contributed by atoms with Crippen LogP contribution in [-0.4, -0.2) is 91.7 Å². The lowest BCUT2D eigenvalue weighted by molar-refractivity contribution is -0.192. The minimum absolute atomic E-state index is 0.0634. The van der Waals surface area contributed by atoms with Crippen molar-refractivity contribution in [2.45, 2.75) is 32.2 Å². The van der Waals surface area contributed by atoms with Crippen LogP contribution in [0.1, 0.15) is 17.1 Å². The second kappa shape index (κ2) is 10.9. The highest BCUT2D eigenvalue weighted by Crippen LogP contribution is 2.15. The summed E-state index contributed by atoms with van der Waals surface area (Å²) in [7, 11) is 5.66. The van der Waals surface area contributed by atoms with Gasteiger partial charge in [-0.2, -0.15) is 13.2 Å². The summed E-state index contributed by atoms with van der Waals surface area (Å²) in [6.07, 6.45) is 2.88. The van der Waals surface area contributed by atoms with Gasteiger partial charge in [0.25, 0.3) is 0 Å². The Morgan fingerprint density at radius 1 is 1.06 bits per heavy atom. The first-order valence-electron chi connectivity index (χ1n) is 9.71. The van der Waals surface area contributed by atoms with Crippen molar-refractivity contribution in [1.82, 2.24) is 34.2 Å². The Morgan fingerprint density at radius 2 is 1.69 bits per heavy atom. The fraction of sp³-hybridized carbons (Fsp3) is 0.526. The van der Waals surface area contributed by atoms with Crippen LogP contribution in [0.5, 0.6) is 0 Å². The fourth-order valence-electron chi connectivity index (χ4n) is 3.15. The first-order chi connectivity index (χ1) is 15.0. The SMILES string of the molecule is CN(Cc1cncnc1)Cc1cnc2n1CCN(C(=O)N(C)C)CC2.O=C(O)C(F)(F)F. The van der Waals surface area contributed by atoms with Crippen LogP contribution in [0.3, 0.4) is 0 Å². The average molecular weight is 457 g/mol. The number of carboxylic acid groups (broad SMARTS) is 1. The van der Waals surface area contributed by atoms with Crippen LogP contribution in [-0.2, 0) is 30.8 Å². The van der Waals surface area contributed by atoms with Crippen LogP contribution in [0.2, 0.25) is 0 Å². The molecule has 1 aliphatic rings. The van der Waals surface area contributed by atoms with Crippen molar-refractivity contribution in [2.75, 3.05) is 34.2 Å². The Hall–Kier alpha value is -3.22. The number of hydrogen-bond acceptors (Lipinski definition) is 6. The number of rotatable bonds is 4. The summed E-state index contributed by atoms with van der Waals surface area (Å²) < 4.78 is 34.0. The molecule has 0 saturated heterocycles. The van der Waals surface area contributed by atoms with E-state index in [0.717, 1.165) is 37.4 Å². The Labute approximate surface area is 183 Å². The molecule has 0 fully saturated rings. The van der Waals surface area contributed by atoms with Crippen molar-refractivity contribution in [2.24, 2.45) is 0 Å². The summed E-state index contributed by atoms with van der Waals surface area (Å²) in [5.41, 5.74) is 2.26. The van der Waals surface area contributed by atoms with E-state index in [1.54, 1.807) is 25.3 Å². The van der Waals surface area contributed by atoms with E-state index in [4.69, 9.17) is 9.90 Å². The Morgan fingerprint density at radius 3 is 2.25 bits per heavy atom. The number of hydrogen-bond donors (Lipinski definition) is 1. The van der Waals surface area contributed by atoms with E-state index >= 15 is 0 Å². The molecule has 2 amide bonds. The number of carbonyl (C=O) groups excluding carboxylic acids is 1. The van der Waals surface area contributed by atoms with Gasteiger partial charge in [-0.1, -0.05) is 0 Å². The maximum atomic E-state index is 12.2. The Balaban J connectivity index is 0.000000451. The smallest absolute Gasteiger partial charge is 0.475 e. The zero-order valence-electron chi connectivity index (χ0n) is 18.1. The van der Waals surface area contributed by atoms with Gasteiger partial charge in [-0.3, -0.25) is 4.90 Å². The number of aromatic nitrogens is 4. The molecule has 0 saturated carbocycles. The molecule has 0 aromatic carbocycles. The highest BCUT2D eigenvalue weighted by molar-refractivity contribution is 5.74. The third-order valence-corrected chi connectivity index (χ3v) is 4.61. The minimum atomic E-state index is -5.08. The van der Waals surface area contributed by atoms with Crippen LogP contribution in [0.4, 0.5) is 18.0 Å². The molecular formula is C19H26F3N7O3. The van der Waals surface area contributed by atoms with E-state index in [1.165, 1.54) is 5.69 Å². The van der Waals surface area contributed by atoms with Gasteiger partial charge in [0.05, 0.1) is 5.69 Å². The fourth-order valence-corrected chi connectivity index (χ4v) is 3.15. The number of carbonyl (C=O) groups is 2. The van der Waals surface area contributed by atoms with Crippen molar-refractivity contribution in [1.29, 1.82) is 0 Å². The molecule has 13 heteroatoms. The van der Waals surface area contributed by atoms with Gasteiger partial charge in [-0.25, -0.2) is 24.5 Å². The molecule has 0 bridgehead atoms. The van der Waals surface area contributed by atoms with Crippen LogP contribution in [0.15, 0.2) is 24.9 Å². The van der Waals surface area contributed by atoms with Gasteiger partial charge < -0.3 is 19.5 Å². The molecule has 0 spiro atoms. The van der Waals surface area contributed by atoms with Gasteiger partial charge in [0.1, 0.15) is 12.2 Å². The molecule has 1 N–H and O–H groups in total. The molecule has 0 aliphatic carbocycles. The number of urea groups is 1. The maximum Gasteiger partial charge on any atom is 0.490 e. The monoisotopic (exact) mass is 457 g/mol. The number of alkyl halides is 3. The Bertz CT molecular complexity index is 903. The first kappa shape index (κ1) is 25.0. The lowest BCUT2D eigenvalue weighted by Gasteiger charge is -2.24. The van der Waals surface area contributed by atoms with Crippen molar-refractivity contribution in [3.05, 3.63) is 42.0 Å². The number of aliphatic carboxylic acids is 1. The number of carboxylic acids is 1. The molecule has 1 aliphatic heterocycles. The molecule has 176 valence electrons. The molecule has 2 aromatic rings. The summed E-state index contributed by atoms with van der Waals surface area (Å²) >= 11 is 0. The van der Waals surface area contributed by atoms with E-state index in [2.05, 4.69) is 31.5 Å². The predicted molar refractivity (Wildman–Crippen MR) is 107 cm³/mol. The quantitative estimate of drug-likeness (QED) is 0.741. The predicted octanol–water partition coefficient (Wildman–Crippen LogP) is 1.48. The second-order valence-corrected chi connectivity index (χ2v) is 7.45. The second-order valence-electron chi connectivity index (χ2n) is 7.45. The summed E-state index contributed by atoms with van der Waals surface area (Å²) in [6, 6.07) is 0.0634. The molecule has 2 aromatic heterocycles. The maximum absolute atomic E-state index is 12.2. The average Bonchev–Trinajstić information content (AvgIpc) is 2.96. The van der Waals surface area contributed by atoms with Gasteiger partial charge in [0, 0.05) is 77.4 Å². The summed E-state index contributed by atoms with van der Waals surface area (Å²) in [5, 5.41) is 7.12. The van der Waals surface area contributed by atoms with E-state index in [0.29, 0.717) is 13.1 Å². The van der Waals surface area contributed by atoms with Gasteiger partial charge in [-0.15, -0.1) is 0 Å². The van der Waals surface area contributed by atoms with Crippen LogP contribution in [0.25, 0.3) is 0 Å². The molecule has 10 nitrogen and oxygen atoms in total. The number of nitrogens with zero attached hydrogens (tertiary/aromatic N) is 7. The molecule has 0 radical (unpaired) electrons. The summed E-state index contributed by atoms with van der Waals surface area (Å²) in [5.74, 6) is -1.70. The molecule has 0 atom stereocenters. The molecule has 32 heavy (non-hydrogen) atoms. The molecule has 3 rings (SSSR count). The van der Waals surface area contributed by atoms with E-state index in [9.17, 15) is 18.0 Å². The Kier molecular flexibility index (Phi) is 8.52. The van der Waals surface area contributed by atoms with E-state index in [-0.39, 0.29) is 6.03 Å². The largest absolute Gasteiger partial charge is 0.490 e. The van der Waals surface area contributed by atoms with Crippen LogP contribution in [0, 0.1) is 0 Å². The van der Waals surface area contributed by atoms with Crippen molar-refractivity contribution in [3.63, 3.8) is 0 Å². The zero-order chi connectivity index (χ0) is 23.9. The van der Waals surface area contributed by atoms with Crippen molar-refractivity contribution in [3.8, 4) is 0 Å². The highest BCUT2D eigenvalue weighted by Gasteiger charge is 2.38. The third-order valence-electron chi connectivity index (χ3n) is 4.61. The number of fused-ring (bicyclic) bond motifs is 1. The van der Waals surface area contributed by atoms with Gasteiger partial charge in [0.2, 0.25) is 0 Å². The molecule has 0 unspecified atom stereocenters.